The Hall–Kier alpha value is -2.63. The number of guanidine groups is 1. The summed E-state index contributed by atoms with van der Waals surface area (Å²) in [6.07, 6.45) is 6.10. The lowest BCUT2D eigenvalue weighted by molar-refractivity contribution is 0.368. The number of rotatable bonds is 4. The lowest BCUT2D eigenvalue weighted by atomic mass is 9.96. The number of nitrogens with one attached hydrogen (secondary N) is 1. The Morgan fingerprint density at radius 3 is 2.35 bits per heavy atom. The lowest BCUT2D eigenvalue weighted by Gasteiger charge is -2.36. The van der Waals surface area contributed by atoms with Crippen molar-refractivity contribution in [3.05, 3.63) is 54.4 Å². The van der Waals surface area contributed by atoms with E-state index in [1.807, 2.05) is 13.1 Å². The van der Waals surface area contributed by atoms with Crippen molar-refractivity contribution in [2.24, 2.45) is 4.99 Å². The van der Waals surface area contributed by atoms with E-state index in [-0.39, 0.29) is 5.41 Å². The maximum atomic E-state index is 4.52. The Morgan fingerprint density at radius 1 is 1.04 bits per heavy atom. The number of anilines is 1. The SMILES string of the molecule is CN=C(NCC1(c2ccccc2)CC1)N1CCN(c2ncccn2)CC1. The van der Waals surface area contributed by atoms with Gasteiger partial charge in [-0.3, -0.25) is 4.99 Å². The monoisotopic (exact) mass is 350 g/mol. The summed E-state index contributed by atoms with van der Waals surface area (Å²) in [6.45, 7) is 4.63. The van der Waals surface area contributed by atoms with Crippen molar-refractivity contribution in [3.8, 4) is 0 Å². The summed E-state index contributed by atoms with van der Waals surface area (Å²) in [7, 11) is 1.87. The van der Waals surface area contributed by atoms with Crippen molar-refractivity contribution < 1.29 is 0 Å². The molecule has 0 radical (unpaired) electrons. The van der Waals surface area contributed by atoms with Crippen LogP contribution in [-0.2, 0) is 5.41 Å². The molecule has 1 saturated heterocycles. The Bertz CT molecular complexity index is 733. The van der Waals surface area contributed by atoms with Crippen molar-refractivity contribution >= 4 is 11.9 Å². The third-order valence-corrected chi connectivity index (χ3v) is 5.45. The van der Waals surface area contributed by atoms with Crippen molar-refractivity contribution in [3.63, 3.8) is 0 Å². The summed E-state index contributed by atoms with van der Waals surface area (Å²) >= 11 is 0. The second-order valence-electron chi connectivity index (χ2n) is 7.07. The standard InChI is InChI=1S/C20H26N6/c1-21-18(24-16-20(8-9-20)17-6-3-2-4-7-17)25-12-14-26(15-13-25)19-22-10-5-11-23-19/h2-7,10-11H,8-9,12-16H2,1H3,(H,21,24). The van der Waals surface area contributed by atoms with Gasteiger partial charge >= 0.3 is 0 Å². The van der Waals surface area contributed by atoms with E-state index >= 15 is 0 Å². The molecule has 1 aromatic heterocycles. The molecule has 1 N–H and O–H groups in total. The third-order valence-electron chi connectivity index (χ3n) is 5.45. The van der Waals surface area contributed by atoms with E-state index in [1.54, 1.807) is 12.4 Å². The highest BCUT2D eigenvalue weighted by Crippen LogP contribution is 2.47. The molecular formula is C20H26N6. The van der Waals surface area contributed by atoms with Gasteiger partial charge in [-0.15, -0.1) is 0 Å². The van der Waals surface area contributed by atoms with Crippen molar-refractivity contribution in [1.29, 1.82) is 0 Å². The molecule has 0 bridgehead atoms. The second kappa shape index (κ2) is 7.32. The summed E-state index contributed by atoms with van der Waals surface area (Å²) in [5.74, 6) is 1.82. The molecule has 2 aliphatic rings. The predicted molar refractivity (Wildman–Crippen MR) is 105 cm³/mol. The summed E-state index contributed by atoms with van der Waals surface area (Å²) < 4.78 is 0. The summed E-state index contributed by atoms with van der Waals surface area (Å²) in [5, 5.41) is 3.62. The van der Waals surface area contributed by atoms with Crippen LogP contribution in [0, 0.1) is 0 Å². The van der Waals surface area contributed by atoms with E-state index in [2.05, 4.69) is 60.4 Å². The van der Waals surface area contributed by atoms with Crippen LogP contribution in [0.25, 0.3) is 0 Å². The number of piperazine rings is 1. The van der Waals surface area contributed by atoms with Crippen LogP contribution in [0.4, 0.5) is 5.95 Å². The van der Waals surface area contributed by atoms with Gasteiger partial charge in [-0.2, -0.15) is 0 Å². The lowest BCUT2D eigenvalue weighted by Crippen LogP contribution is -2.53. The summed E-state index contributed by atoms with van der Waals surface area (Å²) in [4.78, 5) is 17.8. The largest absolute Gasteiger partial charge is 0.355 e. The van der Waals surface area contributed by atoms with Crippen LogP contribution in [0.1, 0.15) is 18.4 Å². The van der Waals surface area contributed by atoms with Gasteiger partial charge in [-0.25, -0.2) is 9.97 Å². The first-order chi connectivity index (χ1) is 12.8. The van der Waals surface area contributed by atoms with Crippen LogP contribution < -0.4 is 10.2 Å². The molecule has 6 nitrogen and oxygen atoms in total. The Balaban J connectivity index is 1.33. The summed E-state index contributed by atoms with van der Waals surface area (Å²) in [5.41, 5.74) is 1.73. The second-order valence-corrected chi connectivity index (χ2v) is 7.07. The Morgan fingerprint density at radius 2 is 1.73 bits per heavy atom. The Kier molecular flexibility index (Phi) is 4.73. The highest BCUT2D eigenvalue weighted by Gasteiger charge is 2.44. The molecule has 0 unspecified atom stereocenters. The molecule has 2 heterocycles. The normalized spacial score (nSPS) is 19.3. The van der Waals surface area contributed by atoms with Gasteiger partial charge in [0.05, 0.1) is 0 Å². The fourth-order valence-corrected chi connectivity index (χ4v) is 3.66. The molecular weight excluding hydrogens is 324 g/mol. The van der Waals surface area contributed by atoms with Gasteiger partial charge in [-0.05, 0) is 24.5 Å². The van der Waals surface area contributed by atoms with Crippen molar-refractivity contribution in [1.82, 2.24) is 20.2 Å². The third kappa shape index (κ3) is 3.49. The van der Waals surface area contributed by atoms with Gasteiger partial charge in [0.25, 0.3) is 0 Å². The molecule has 1 saturated carbocycles. The van der Waals surface area contributed by atoms with Gasteiger partial charge in [0, 0.05) is 57.6 Å². The van der Waals surface area contributed by atoms with Gasteiger partial charge in [-0.1, -0.05) is 30.3 Å². The summed E-state index contributed by atoms with van der Waals surface area (Å²) in [6, 6.07) is 12.7. The molecule has 2 aromatic rings. The van der Waals surface area contributed by atoms with Crippen LogP contribution >= 0.6 is 0 Å². The molecule has 1 aliphatic heterocycles. The van der Waals surface area contributed by atoms with E-state index in [9.17, 15) is 0 Å². The molecule has 26 heavy (non-hydrogen) atoms. The molecule has 0 amide bonds. The molecule has 6 heteroatoms. The van der Waals surface area contributed by atoms with Gasteiger partial charge in [0.15, 0.2) is 5.96 Å². The number of aliphatic imine (C=N–C) groups is 1. The highest BCUT2D eigenvalue weighted by molar-refractivity contribution is 5.80. The number of aromatic nitrogens is 2. The first kappa shape index (κ1) is 16.8. The predicted octanol–water partition coefficient (Wildman–Crippen LogP) is 1.91. The fourth-order valence-electron chi connectivity index (χ4n) is 3.66. The molecule has 1 aliphatic carbocycles. The maximum Gasteiger partial charge on any atom is 0.225 e. The number of hydrogen-bond acceptors (Lipinski definition) is 4. The van der Waals surface area contributed by atoms with Crippen molar-refractivity contribution in [2.45, 2.75) is 18.3 Å². The topological polar surface area (TPSA) is 56.7 Å². The minimum absolute atomic E-state index is 0.289. The average Bonchev–Trinajstić information content (AvgIpc) is 3.51. The van der Waals surface area contributed by atoms with Gasteiger partial charge in [0.2, 0.25) is 5.95 Å². The van der Waals surface area contributed by atoms with Crippen LogP contribution in [0.3, 0.4) is 0 Å². The number of benzene rings is 1. The quantitative estimate of drug-likeness (QED) is 0.674. The molecule has 4 rings (SSSR count). The van der Waals surface area contributed by atoms with Crippen molar-refractivity contribution in [2.75, 3.05) is 44.7 Å². The first-order valence-electron chi connectivity index (χ1n) is 9.34. The fraction of sp³-hybridized carbons (Fsp3) is 0.450. The van der Waals surface area contributed by atoms with Crippen LogP contribution in [0.15, 0.2) is 53.8 Å². The Labute approximate surface area is 155 Å². The number of nitrogens with zero attached hydrogens (tertiary/aromatic N) is 5. The molecule has 1 aromatic carbocycles. The molecule has 136 valence electrons. The zero-order chi connectivity index (χ0) is 17.8. The maximum absolute atomic E-state index is 4.52. The highest BCUT2D eigenvalue weighted by atomic mass is 15.4. The number of hydrogen-bond donors (Lipinski definition) is 1. The van der Waals surface area contributed by atoms with Crippen LogP contribution in [-0.4, -0.2) is 60.6 Å². The molecule has 0 atom stereocenters. The van der Waals surface area contributed by atoms with E-state index in [0.717, 1.165) is 44.6 Å². The van der Waals surface area contributed by atoms with E-state index in [0.29, 0.717) is 0 Å². The van der Waals surface area contributed by atoms with E-state index in [1.165, 1.54) is 18.4 Å². The van der Waals surface area contributed by atoms with Crippen LogP contribution in [0.5, 0.6) is 0 Å². The first-order valence-corrected chi connectivity index (χ1v) is 9.34. The van der Waals surface area contributed by atoms with E-state index in [4.69, 9.17) is 0 Å². The minimum atomic E-state index is 0.289. The van der Waals surface area contributed by atoms with Gasteiger partial charge in [0.1, 0.15) is 0 Å². The van der Waals surface area contributed by atoms with Crippen LogP contribution in [0.2, 0.25) is 0 Å². The smallest absolute Gasteiger partial charge is 0.225 e. The zero-order valence-corrected chi connectivity index (χ0v) is 15.3. The zero-order valence-electron chi connectivity index (χ0n) is 15.3. The average molecular weight is 350 g/mol. The molecule has 2 fully saturated rings. The van der Waals surface area contributed by atoms with E-state index < -0.39 is 0 Å². The molecule has 0 spiro atoms. The minimum Gasteiger partial charge on any atom is -0.355 e. The van der Waals surface area contributed by atoms with Gasteiger partial charge < -0.3 is 15.1 Å².